The summed E-state index contributed by atoms with van der Waals surface area (Å²) in [6.45, 7) is 1.08. The molecule has 3 aromatic rings. The van der Waals surface area contributed by atoms with Crippen molar-refractivity contribution in [3.63, 3.8) is 0 Å². The third-order valence-corrected chi connectivity index (χ3v) is 6.42. The van der Waals surface area contributed by atoms with Crippen LogP contribution < -0.4 is 9.47 Å². The summed E-state index contributed by atoms with van der Waals surface area (Å²) in [6.07, 6.45) is 0.658. The van der Waals surface area contributed by atoms with Gasteiger partial charge in [-0.05, 0) is 75.1 Å². The number of methoxy groups -OCH3 is 1. The Morgan fingerprint density at radius 2 is 1.73 bits per heavy atom. The van der Waals surface area contributed by atoms with Gasteiger partial charge < -0.3 is 24.4 Å². The molecule has 0 aliphatic carbocycles. The molecule has 1 aliphatic heterocycles. The lowest BCUT2D eigenvalue weighted by molar-refractivity contribution is -0.139. The highest BCUT2D eigenvalue weighted by atomic mass is 35.5. The largest absolute Gasteiger partial charge is 0.507 e. The Bertz CT molecular complexity index is 1320. The summed E-state index contributed by atoms with van der Waals surface area (Å²) >= 11 is 6.28. The molecule has 8 heteroatoms. The van der Waals surface area contributed by atoms with Crippen molar-refractivity contribution < 1.29 is 24.2 Å². The van der Waals surface area contributed by atoms with Gasteiger partial charge in [-0.3, -0.25) is 9.59 Å². The summed E-state index contributed by atoms with van der Waals surface area (Å²) in [5.41, 5.74) is 0.977. The van der Waals surface area contributed by atoms with Crippen molar-refractivity contribution in [3.05, 3.63) is 94.5 Å². The monoisotopic (exact) mass is 520 g/mol. The van der Waals surface area contributed by atoms with Crippen LogP contribution in [0, 0.1) is 0 Å². The van der Waals surface area contributed by atoms with E-state index in [2.05, 4.69) is 0 Å². The zero-order chi connectivity index (χ0) is 26.5. The summed E-state index contributed by atoms with van der Waals surface area (Å²) in [4.78, 5) is 30.0. The molecule has 0 bridgehead atoms. The summed E-state index contributed by atoms with van der Waals surface area (Å²) in [5, 5.41) is 11.6. The average molecular weight is 521 g/mol. The smallest absolute Gasteiger partial charge is 0.295 e. The minimum absolute atomic E-state index is 0.00736. The van der Waals surface area contributed by atoms with E-state index >= 15 is 0 Å². The van der Waals surface area contributed by atoms with Gasteiger partial charge in [0.15, 0.2) is 0 Å². The molecule has 0 aromatic heterocycles. The number of amides is 1. The number of aliphatic hydroxyl groups excluding tert-OH is 1. The van der Waals surface area contributed by atoms with Gasteiger partial charge in [-0.15, -0.1) is 0 Å². The second-order valence-corrected chi connectivity index (χ2v) is 9.39. The van der Waals surface area contributed by atoms with Gasteiger partial charge in [-0.2, -0.15) is 0 Å². The van der Waals surface area contributed by atoms with Gasteiger partial charge >= 0.3 is 0 Å². The molecular formula is C29H29ClN2O5. The van der Waals surface area contributed by atoms with Crippen LogP contribution in [0.15, 0.2) is 78.4 Å². The van der Waals surface area contributed by atoms with Crippen LogP contribution >= 0.6 is 11.6 Å². The Labute approximate surface area is 221 Å². The molecule has 1 N–H and O–H groups in total. The predicted octanol–water partition coefficient (Wildman–Crippen LogP) is 5.51. The molecule has 1 amide bonds. The number of benzene rings is 3. The number of carbonyl (C=O) groups excluding carboxylic acids is 2. The highest BCUT2D eigenvalue weighted by Gasteiger charge is 2.46. The third kappa shape index (κ3) is 5.79. The molecule has 1 atom stereocenters. The summed E-state index contributed by atoms with van der Waals surface area (Å²) in [5.74, 6) is -0.0438. The third-order valence-electron chi connectivity index (χ3n) is 6.12. The number of ketones is 1. The quantitative estimate of drug-likeness (QED) is 0.227. The molecule has 0 radical (unpaired) electrons. The molecule has 1 fully saturated rings. The van der Waals surface area contributed by atoms with E-state index in [1.165, 1.54) is 18.1 Å². The van der Waals surface area contributed by atoms with E-state index in [0.717, 1.165) is 6.54 Å². The van der Waals surface area contributed by atoms with Crippen molar-refractivity contribution in [2.45, 2.75) is 12.5 Å². The number of Topliss-reactive ketones (excluding diaryl/α,β-unsaturated/α-hetero) is 1. The van der Waals surface area contributed by atoms with E-state index < -0.39 is 17.7 Å². The molecule has 192 valence electrons. The molecular weight excluding hydrogens is 492 g/mol. The van der Waals surface area contributed by atoms with Crippen molar-refractivity contribution >= 4 is 29.1 Å². The first-order valence-electron chi connectivity index (χ1n) is 11.9. The molecule has 1 unspecified atom stereocenters. The molecule has 7 nitrogen and oxygen atoms in total. The maximum Gasteiger partial charge on any atom is 0.295 e. The highest BCUT2D eigenvalue weighted by Crippen LogP contribution is 2.41. The molecule has 1 heterocycles. The molecule has 3 aromatic carbocycles. The molecule has 0 spiro atoms. The number of halogens is 1. The number of para-hydroxylation sites is 1. The van der Waals surface area contributed by atoms with Crippen molar-refractivity contribution in [1.29, 1.82) is 0 Å². The number of likely N-dealkylation sites (tertiary alicyclic amines) is 1. The standard InChI is InChI=1S/C29H29ClN2O5/c1-31(2)15-8-16-32-26(19-9-7-12-22(17-19)37-21-10-5-4-6-11-21)25(28(34)29(32)35)27(33)20-13-14-24(36-3)23(30)18-20/h4-7,9-14,17-18,26,33H,8,15-16H2,1-3H3/b27-25+. The number of carbonyl (C=O) groups is 2. The van der Waals surface area contributed by atoms with Crippen LogP contribution in [0.5, 0.6) is 17.2 Å². The van der Waals surface area contributed by atoms with E-state index in [9.17, 15) is 14.7 Å². The zero-order valence-electron chi connectivity index (χ0n) is 21.0. The Morgan fingerprint density at radius 3 is 2.41 bits per heavy atom. The Morgan fingerprint density at radius 1 is 1.00 bits per heavy atom. The minimum Gasteiger partial charge on any atom is -0.507 e. The predicted molar refractivity (Wildman–Crippen MR) is 143 cm³/mol. The molecule has 4 rings (SSSR count). The van der Waals surface area contributed by atoms with Crippen LogP contribution in [0.3, 0.4) is 0 Å². The van der Waals surface area contributed by atoms with Crippen LogP contribution in [0.4, 0.5) is 0 Å². The van der Waals surface area contributed by atoms with E-state index in [4.69, 9.17) is 21.1 Å². The fraction of sp³-hybridized carbons (Fsp3) is 0.241. The van der Waals surface area contributed by atoms with E-state index in [0.29, 0.717) is 41.3 Å². The van der Waals surface area contributed by atoms with Gasteiger partial charge in [0, 0.05) is 12.1 Å². The molecule has 1 saturated heterocycles. The van der Waals surface area contributed by atoms with Crippen molar-refractivity contribution in [3.8, 4) is 17.2 Å². The van der Waals surface area contributed by atoms with Gasteiger partial charge in [0.1, 0.15) is 23.0 Å². The number of hydrogen-bond donors (Lipinski definition) is 1. The lowest BCUT2D eigenvalue weighted by atomic mass is 9.95. The van der Waals surface area contributed by atoms with Crippen LogP contribution in [0.25, 0.3) is 5.76 Å². The van der Waals surface area contributed by atoms with Crippen LogP contribution in [-0.2, 0) is 9.59 Å². The Hall–Kier alpha value is -3.81. The highest BCUT2D eigenvalue weighted by molar-refractivity contribution is 6.46. The first kappa shape index (κ1) is 26.3. The van der Waals surface area contributed by atoms with Crippen molar-refractivity contribution in [1.82, 2.24) is 9.80 Å². The number of nitrogens with zero attached hydrogens (tertiary/aromatic N) is 2. The summed E-state index contributed by atoms with van der Waals surface area (Å²) < 4.78 is 11.2. The average Bonchev–Trinajstić information content (AvgIpc) is 3.14. The summed E-state index contributed by atoms with van der Waals surface area (Å²) in [6, 6.07) is 20.5. The topological polar surface area (TPSA) is 79.3 Å². The lowest BCUT2D eigenvalue weighted by Crippen LogP contribution is -2.32. The van der Waals surface area contributed by atoms with Gasteiger partial charge in [0.05, 0.1) is 23.7 Å². The zero-order valence-corrected chi connectivity index (χ0v) is 21.7. The maximum absolute atomic E-state index is 13.3. The second-order valence-electron chi connectivity index (χ2n) is 8.99. The van der Waals surface area contributed by atoms with E-state index in [1.807, 2.05) is 55.4 Å². The fourth-order valence-corrected chi connectivity index (χ4v) is 4.61. The van der Waals surface area contributed by atoms with Gasteiger partial charge in [-0.25, -0.2) is 0 Å². The Kier molecular flexibility index (Phi) is 8.16. The number of aliphatic hydroxyl groups is 1. The van der Waals surface area contributed by atoms with Crippen LogP contribution in [0.2, 0.25) is 5.02 Å². The van der Waals surface area contributed by atoms with E-state index in [1.54, 1.807) is 30.3 Å². The Balaban J connectivity index is 1.79. The SMILES string of the molecule is COc1ccc(/C(O)=C2\C(=O)C(=O)N(CCCN(C)C)C2c2cccc(Oc3ccccc3)c2)cc1Cl. The number of rotatable bonds is 9. The molecule has 37 heavy (non-hydrogen) atoms. The number of ether oxygens (including phenoxy) is 2. The second kappa shape index (κ2) is 11.5. The van der Waals surface area contributed by atoms with Gasteiger partial charge in [-0.1, -0.05) is 41.9 Å². The fourth-order valence-electron chi connectivity index (χ4n) is 4.36. The first-order chi connectivity index (χ1) is 17.8. The van der Waals surface area contributed by atoms with Crippen molar-refractivity contribution in [2.75, 3.05) is 34.3 Å². The summed E-state index contributed by atoms with van der Waals surface area (Å²) in [7, 11) is 5.39. The lowest BCUT2D eigenvalue weighted by Gasteiger charge is -2.26. The first-order valence-corrected chi connectivity index (χ1v) is 12.3. The van der Waals surface area contributed by atoms with E-state index in [-0.39, 0.29) is 16.4 Å². The molecule has 1 aliphatic rings. The van der Waals surface area contributed by atoms with Crippen molar-refractivity contribution in [2.24, 2.45) is 0 Å². The minimum atomic E-state index is -0.789. The normalized spacial score (nSPS) is 16.9. The maximum atomic E-state index is 13.3. The molecule has 0 saturated carbocycles. The van der Waals surface area contributed by atoms with Gasteiger partial charge in [0.25, 0.3) is 11.7 Å². The number of hydrogen-bond acceptors (Lipinski definition) is 6. The van der Waals surface area contributed by atoms with Crippen LogP contribution in [-0.4, -0.2) is 60.9 Å². The van der Waals surface area contributed by atoms with Crippen LogP contribution in [0.1, 0.15) is 23.6 Å². The van der Waals surface area contributed by atoms with Gasteiger partial charge in [0.2, 0.25) is 0 Å².